The van der Waals surface area contributed by atoms with Gasteiger partial charge in [-0.05, 0) is 157 Å². The third-order valence-electron chi connectivity index (χ3n) is 23.4. The number of nitrogens with zero attached hydrogens (tertiary/aromatic N) is 7. The van der Waals surface area contributed by atoms with E-state index in [9.17, 15) is 104 Å². The molecule has 0 fully saturated rings. The van der Waals surface area contributed by atoms with E-state index in [-0.39, 0.29) is 64.5 Å². The molecule has 6 heterocycles. The quantitative estimate of drug-likeness (QED) is 0.0144. The van der Waals surface area contributed by atoms with Crippen LogP contribution in [0.25, 0.3) is 77.3 Å². The van der Waals surface area contributed by atoms with Gasteiger partial charge >= 0.3 is 42.6 Å². The van der Waals surface area contributed by atoms with Crippen LogP contribution < -0.4 is 42.4 Å². The highest BCUT2D eigenvalue weighted by Gasteiger charge is 2.44. The Labute approximate surface area is 794 Å². The van der Waals surface area contributed by atoms with Crippen LogP contribution >= 0.6 is 0 Å². The molecule has 0 aliphatic rings. The van der Waals surface area contributed by atoms with Gasteiger partial charge in [0.25, 0.3) is 23.3 Å². The van der Waals surface area contributed by atoms with Crippen molar-refractivity contribution < 1.29 is 122 Å². The van der Waals surface area contributed by atoms with E-state index in [4.69, 9.17) is 14.2 Å². The molecule has 41 heteroatoms. The predicted octanol–water partition coefficient (Wildman–Crippen LogP) is 20.8. The summed E-state index contributed by atoms with van der Waals surface area (Å²) in [4.78, 5) is 115. The first-order chi connectivity index (χ1) is 66.5. The fourth-order valence-electron chi connectivity index (χ4n) is 16.0. The Kier molecular flexibility index (Phi) is 33.6. The van der Waals surface area contributed by atoms with Crippen LogP contribution in [0.3, 0.4) is 0 Å². The number of nitrogens with one attached hydrogen (secondary N) is 6. The summed E-state index contributed by atoms with van der Waals surface area (Å²) in [6.07, 6.45) is -13.0. The van der Waals surface area contributed by atoms with Crippen molar-refractivity contribution in [2.45, 2.75) is 154 Å². The standard InChI is InChI=1S/C37H33F8N5O4.C32H31F5N4O3.C31H29F5N4O3/c1-6-28(36(40,41)42)47-19-15-24(38)30(25(39)16-19)33(51)48-26(35(53)54-5)14-18-9-11-22(32-21(18)8-7-13-46-32)29-31(37(43,44)45)23-17-20(49(2)3)10-12-27(23)50(4)34(29)52;1-5-26(32(35,36)37)40-19-15-23(33)27(24(34)16-19)30(42)41-25(31(43)44-4)14-18-10-11-22(29-21(18)9-7-13-39-29)28-20(17(2)3)8-6-12-38-28;1-5-25(31(34,35)36)39-19-14-22(32)26(23(33)15-19)29(41)40-24(30(42)43-4)13-18-8-9-21(28-20(18)7-6-11-37-28)27-17(3)16(2)10-12-38-27/h7-13,15-17,26,28,47H,6,14H2,1-5H3,(H,48,51);6-13,15-17,25-26,40H,5,14H2,1-4H3,(H,41,42);6-12,14-15,24-25,39H,5,13H2,1-4H3,(H,40,41)/t26-,28+;25-,26+;24-,25+/m000/s1. The fourth-order valence-corrected chi connectivity index (χ4v) is 16.0. The third-order valence-corrected chi connectivity index (χ3v) is 23.4. The van der Waals surface area contributed by atoms with E-state index in [2.05, 4.69) is 40.9 Å². The van der Waals surface area contributed by atoms with Gasteiger partial charge in [-0.15, -0.1) is 0 Å². The topological polar surface area (TPSA) is 292 Å². The highest BCUT2D eigenvalue weighted by molar-refractivity contribution is 6.04. The number of aromatic nitrogens is 6. The maximum atomic E-state index is 15.1. The fraction of sp³-hybridized carbons (Fsp3) is 0.300. The van der Waals surface area contributed by atoms with Crippen molar-refractivity contribution in [3.63, 3.8) is 0 Å². The molecule has 13 aromatic rings. The number of hydrogen-bond acceptors (Lipinski definition) is 19. The number of ether oxygens (including phenoxy) is 3. The monoisotopic (exact) mass is 1980 g/mol. The van der Waals surface area contributed by atoms with Gasteiger partial charge in [0.1, 0.15) is 87.8 Å². The summed E-state index contributed by atoms with van der Waals surface area (Å²) in [7, 11) is 7.84. The number of amides is 3. The Morgan fingerprint density at radius 2 is 0.752 bits per heavy atom. The molecule has 13 rings (SSSR count). The van der Waals surface area contributed by atoms with Crippen LogP contribution in [0.2, 0.25) is 0 Å². The smallest absolute Gasteiger partial charge is 0.417 e. The van der Waals surface area contributed by atoms with E-state index in [1.807, 2.05) is 67.9 Å². The van der Waals surface area contributed by atoms with Crippen molar-refractivity contribution in [2.24, 2.45) is 7.05 Å². The number of halogens is 18. The third kappa shape index (κ3) is 24.3. The van der Waals surface area contributed by atoms with Crippen LogP contribution in [-0.4, -0.2) is 155 Å². The lowest BCUT2D eigenvalue weighted by Gasteiger charge is -2.22. The van der Waals surface area contributed by atoms with E-state index >= 15 is 8.78 Å². The molecule has 6 N–H and O–H groups in total. The molecule has 0 radical (unpaired) electrons. The molecule has 3 amide bonds. The van der Waals surface area contributed by atoms with Crippen LogP contribution in [0.15, 0.2) is 181 Å². The van der Waals surface area contributed by atoms with Crippen LogP contribution in [0, 0.1) is 48.8 Å². The first-order valence-electron chi connectivity index (χ1n) is 43.5. The number of anilines is 4. The number of alkyl halides is 12. The molecule has 0 aliphatic carbocycles. The molecule has 0 aliphatic heterocycles. The lowest BCUT2D eigenvalue weighted by molar-refractivity contribution is -0.143. The molecule has 7 aromatic carbocycles. The molecular weight excluding hydrogens is 1890 g/mol. The zero-order valence-corrected chi connectivity index (χ0v) is 77.5. The highest BCUT2D eigenvalue weighted by Crippen LogP contribution is 2.45. The largest absolute Gasteiger partial charge is 0.467 e. The zero-order valence-electron chi connectivity index (χ0n) is 77.5. The van der Waals surface area contributed by atoms with Gasteiger partial charge in [0, 0.05) is 132 Å². The summed E-state index contributed by atoms with van der Waals surface area (Å²) in [5.41, 5.74) is 1.22. The van der Waals surface area contributed by atoms with Crippen LogP contribution in [-0.2, 0) is 61.1 Å². The van der Waals surface area contributed by atoms with Crippen molar-refractivity contribution in [3.05, 3.63) is 277 Å². The summed E-state index contributed by atoms with van der Waals surface area (Å²) >= 11 is 0. The minimum absolute atomic E-state index is 0.0393. The molecule has 0 saturated heterocycles. The molecule has 0 bridgehead atoms. The predicted molar refractivity (Wildman–Crippen MR) is 494 cm³/mol. The number of esters is 3. The minimum atomic E-state index is -5.00. The van der Waals surface area contributed by atoms with Gasteiger partial charge in [0.05, 0.1) is 65.9 Å². The normalized spacial score (nSPS) is 13.0. The maximum Gasteiger partial charge on any atom is 0.417 e. The van der Waals surface area contributed by atoms with Crippen LogP contribution in [0.4, 0.5) is 102 Å². The Morgan fingerprint density at radius 1 is 0.418 bits per heavy atom. The molecule has 23 nitrogen and oxygen atoms in total. The van der Waals surface area contributed by atoms with Gasteiger partial charge < -0.3 is 55.6 Å². The van der Waals surface area contributed by atoms with Gasteiger partial charge in [0.15, 0.2) is 0 Å². The SMILES string of the molecule is CC[C@@H](Nc1cc(F)c(C(=O)N[C@@H](Cc2ccc(-c3c(C(F)(F)F)c4cc(N(C)C)ccc4n(C)c3=O)c3ncccc23)C(=O)OC)c(F)c1)C(F)(F)F.CC[C@@H](Nc1cc(F)c(C(=O)N[C@@H](Cc2ccc(-c3nccc(C)c3C)c3ncccc23)C(=O)OC)c(F)c1)C(F)(F)F.CC[C@@H](Nc1cc(F)c(C(=O)N[C@@H](Cc2ccc(-c3ncccc3C(C)C)c3ncccc23)C(=O)OC)c(F)c1)C(F)(F)F. The second-order valence-electron chi connectivity index (χ2n) is 33.1. The van der Waals surface area contributed by atoms with Gasteiger partial charge in [0.2, 0.25) is 0 Å². The Balaban J connectivity index is 0.000000204. The van der Waals surface area contributed by atoms with Crippen LogP contribution in [0.1, 0.15) is 130 Å². The highest BCUT2D eigenvalue weighted by atomic mass is 19.4. The number of aryl methyl sites for hydroxylation is 2. The number of hydrogen-bond donors (Lipinski definition) is 6. The first-order valence-corrected chi connectivity index (χ1v) is 43.5. The number of benzene rings is 7. The Hall–Kier alpha value is -15.0. The number of carbonyl (C=O) groups excluding carboxylic acids is 6. The summed E-state index contributed by atoms with van der Waals surface area (Å²) in [6.45, 7) is 11.8. The Bertz CT molecular complexity index is 6890. The molecular formula is C100H93F18N13O10. The molecule has 744 valence electrons. The van der Waals surface area contributed by atoms with Gasteiger partial charge in [-0.1, -0.05) is 95.3 Å². The second kappa shape index (κ2) is 44.5. The summed E-state index contributed by atoms with van der Waals surface area (Å²) in [5, 5.41) is 14.1. The van der Waals surface area contributed by atoms with E-state index in [1.54, 1.807) is 92.3 Å². The molecule has 141 heavy (non-hydrogen) atoms. The van der Waals surface area contributed by atoms with E-state index in [0.717, 1.165) is 65.1 Å². The molecule has 6 aromatic heterocycles. The average Bonchev–Trinajstić information content (AvgIpc) is 0.724. The van der Waals surface area contributed by atoms with Crippen molar-refractivity contribution in [1.82, 2.24) is 45.4 Å². The number of fused-ring (bicyclic) bond motifs is 4. The van der Waals surface area contributed by atoms with Gasteiger partial charge in [-0.3, -0.25) is 44.1 Å². The molecule has 0 spiro atoms. The van der Waals surface area contributed by atoms with E-state index in [1.165, 1.54) is 70.4 Å². The number of carbonyl (C=O) groups is 6. The van der Waals surface area contributed by atoms with Gasteiger partial charge in [-0.2, -0.15) is 52.7 Å². The van der Waals surface area contributed by atoms with Crippen molar-refractivity contribution in [3.8, 4) is 33.6 Å². The Morgan fingerprint density at radius 3 is 1.09 bits per heavy atom. The average molecular weight is 1980 g/mol. The number of pyridine rings is 6. The minimum Gasteiger partial charge on any atom is -0.467 e. The van der Waals surface area contributed by atoms with Crippen molar-refractivity contribution in [2.75, 3.05) is 56.3 Å². The molecule has 6 atom stereocenters. The summed E-state index contributed by atoms with van der Waals surface area (Å²) in [6, 6.07) is 22.5. The van der Waals surface area contributed by atoms with Crippen molar-refractivity contribution >= 4 is 102 Å². The van der Waals surface area contributed by atoms with E-state index in [0.29, 0.717) is 75.0 Å². The van der Waals surface area contributed by atoms with Gasteiger partial charge in [-0.25, -0.2) is 40.7 Å². The van der Waals surface area contributed by atoms with Crippen LogP contribution in [0.5, 0.6) is 0 Å². The van der Waals surface area contributed by atoms with Crippen molar-refractivity contribution in [1.29, 1.82) is 0 Å². The maximum absolute atomic E-state index is 15.1. The number of rotatable bonds is 29. The van der Waals surface area contributed by atoms with E-state index < -0.39 is 195 Å². The summed E-state index contributed by atoms with van der Waals surface area (Å²) in [5.74, 6) is -15.3. The zero-order chi connectivity index (χ0) is 104. The molecule has 0 unspecified atom stereocenters. The lowest BCUT2D eigenvalue weighted by atomic mass is 9.91. The summed E-state index contributed by atoms with van der Waals surface area (Å²) < 4.78 is 269. The lowest BCUT2D eigenvalue weighted by Crippen LogP contribution is -2.43. The number of methoxy groups -OCH3 is 3. The second-order valence-corrected chi connectivity index (χ2v) is 33.1. The molecule has 0 saturated carbocycles. The first kappa shape index (κ1) is 106.